The van der Waals surface area contributed by atoms with Crippen molar-refractivity contribution in [1.29, 1.82) is 0 Å². The van der Waals surface area contributed by atoms with Crippen LogP contribution in [0.5, 0.6) is 17.4 Å². The Labute approximate surface area is 185 Å². The first-order valence-electron chi connectivity index (χ1n) is 9.99. The summed E-state index contributed by atoms with van der Waals surface area (Å²) in [6.07, 6.45) is 1.46. The summed E-state index contributed by atoms with van der Waals surface area (Å²) in [7, 11) is 2.76. The molecule has 3 aromatic rings. The van der Waals surface area contributed by atoms with Crippen molar-refractivity contribution in [1.82, 2.24) is 9.38 Å². The Balaban J connectivity index is 2.17. The molecule has 3 rings (SSSR count). The lowest BCUT2D eigenvalue weighted by molar-refractivity contribution is -0.140. The Kier molecular flexibility index (Phi) is 6.82. The van der Waals surface area contributed by atoms with Crippen molar-refractivity contribution in [2.24, 2.45) is 0 Å². The molecule has 8 heteroatoms. The quantitative estimate of drug-likeness (QED) is 0.425. The molecule has 0 amide bonds. The van der Waals surface area contributed by atoms with Crippen molar-refractivity contribution < 1.29 is 24.1 Å². The molecular weight excluding hydrogens is 412 g/mol. The van der Waals surface area contributed by atoms with Gasteiger partial charge in [-0.25, -0.2) is 0 Å². The average Bonchev–Trinajstić information content (AvgIpc) is 2.77. The van der Waals surface area contributed by atoms with E-state index in [0.717, 1.165) is 11.1 Å². The van der Waals surface area contributed by atoms with Crippen LogP contribution in [0.3, 0.4) is 0 Å². The Morgan fingerprint density at radius 1 is 1.22 bits per heavy atom. The van der Waals surface area contributed by atoms with E-state index in [0.29, 0.717) is 29.3 Å². The number of rotatable bonds is 8. The topological polar surface area (TPSA) is 99.4 Å². The molecule has 0 radical (unpaired) electrons. The van der Waals surface area contributed by atoms with Crippen LogP contribution in [0.2, 0.25) is 0 Å². The van der Waals surface area contributed by atoms with Crippen molar-refractivity contribution in [3.8, 4) is 17.4 Å². The molecule has 0 aliphatic heterocycles. The number of fused-ring (bicyclic) bond motifs is 1. The van der Waals surface area contributed by atoms with E-state index >= 15 is 0 Å². The normalized spacial score (nSPS) is 11.8. The molecular formula is C24H26N2O6. The zero-order valence-electron chi connectivity index (χ0n) is 18.5. The highest BCUT2D eigenvalue weighted by Crippen LogP contribution is 2.36. The van der Waals surface area contributed by atoms with Gasteiger partial charge in [-0.1, -0.05) is 18.7 Å². The lowest BCUT2D eigenvalue weighted by atomic mass is 9.89. The maximum Gasteiger partial charge on any atom is 0.306 e. The molecule has 0 aliphatic rings. The van der Waals surface area contributed by atoms with E-state index in [1.807, 2.05) is 13.8 Å². The van der Waals surface area contributed by atoms with E-state index in [1.165, 1.54) is 18.6 Å². The van der Waals surface area contributed by atoms with Gasteiger partial charge in [0.25, 0.3) is 5.56 Å². The van der Waals surface area contributed by atoms with Crippen LogP contribution < -0.4 is 15.0 Å². The number of nitrogens with zero attached hydrogens (tertiary/aromatic N) is 2. The van der Waals surface area contributed by atoms with E-state index < -0.39 is 23.3 Å². The fourth-order valence-corrected chi connectivity index (χ4v) is 3.41. The monoisotopic (exact) mass is 438 g/mol. The second kappa shape index (κ2) is 9.55. The van der Waals surface area contributed by atoms with Gasteiger partial charge < -0.3 is 19.3 Å². The lowest BCUT2D eigenvalue weighted by Crippen LogP contribution is -2.24. The summed E-state index contributed by atoms with van der Waals surface area (Å²) < 4.78 is 17.4. The molecule has 8 nitrogen and oxygen atoms in total. The molecule has 32 heavy (non-hydrogen) atoms. The molecule has 0 bridgehead atoms. The molecule has 0 saturated heterocycles. The number of ether oxygens (including phenoxy) is 3. The van der Waals surface area contributed by atoms with Crippen LogP contribution in [-0.4, -0.2) is 41.3 Å². The Morgan fingerprint density at radius 3 is 2.62 bits per heavy atom. The van der Waals surface area contributed by atoms with Gasteiger partial charge in [-0.15, -0.1) is 0 Å². The first-order chi connectivity index (χ1) is 15.2. The summed E-state index contributed by atoms with van der Waals surface area (Å²) in [6, 6.07) is 8.52. The van der Waals surface area contributed by atoms with Gasteiger partial charge in [-0.3, -0.25) is 14.0 Å². The van der Waals surface area contributed by atoms with E-state index in [-0.39, 0.29) is 12.0 Å². The summed E-state index contributed by atoms with van der Waals surface area (Å²) in [6.45, 7) is 7.82. The second-order valence-corrected chi connectivity index (χ2v) is 7.58. The molecule has 1 aromatic carbocycles. The van der Waals surface area contributed by atoms with Crippen LogP contribution >= 0.6 is 0 Å². The van der Waals surface area contributed by atoms with Crippen LogP contribution in [0.1, 0.15) is 36.0 Å². The number of aromatic hydroxyl groups is 1. The van der Waals surface area contributed by atoms with Crippen molar-refractivity contribution >= 4 is 11.6 Å². The largest absolute Gasteiger partial charge is 0.493 e. The minimum absolute atomic E-state index is 0.00356. The van der Waals surface area contributed by atoms with Crippen molar-refractivity contribution in [3.05, 3.63) is 75.7 Å². The number of methoxy groups -OCH3 is 2. The first-order valence-corrected chi connectivity index (χ1v) is 9.99. The molecule has 0 fully saturated rings. The maximum absolute atomic E-state index is 13.3. The van der Waals surface area contributed by atoms with Gasteiger partial charge in [-0.05, 0) is 48.7 Å². The van der Waals surface area contributed by atoms with Crippen LogP contribution in [0.4, 0.5) is 0 Å². The second-order valence-electron chi connectivity index (χ2n) is 7.58. The molecule has 168 valence electrons. The van der Waals surface area contributed by atoms with Crippen LogP contribution in [0.25, 0.3) is 5.65 Å². The van der Waals surface area contributed by atoms with E-state index in [2.05, 4.69) is 11.6 Å². The molecule has 0 saturated carbocycles. The van der Waals surface area contributed by atoms with Crippen LogP contribution in [0, 0.1) is 6.92 Å². The molecule has 1 unspecified atom stereocenters. The number of carbonyl (C=O) groups excluding carboxylic acids is 1. The SMILES string of the molecule is C=C(C)COc1ccc(C(CC(=O)OC)c2c(O)nc3ccc(C)cn3c2=O)cc1OC. The van der Waals surface area contributed by atoms with Gasteiger partial charge in [0, 0.05) is 12.1 Å². The number of carbonyl (C=O) groups is 1. The van der Waals surface area contributed by atoms with E-state index in [4.69, 9.17) is 14.2 Å². The van der Waals surface area contributed by atoms with Gasteiger partial charge in [0.15, 0.2) is 11.5 Å². The standard InChI is InChI=1S/C24H26N2O6/c1-14(2)13-32-18-8-7-16(10-19(18)30-4)17(11-21(27)31-5)22-23(28)25-20-9-6-15(3)12-26(20)24(22)29/h6-10,12,17,28H,1,11,13H2,2-5H3. The molecule has 1 atom stereocenters. The van der Waals surface area contributed by atoms with Crippen molar-refractivity contribution in [2.75, 3.05) is 20.8 Å². The van der Waals surface area contributed by atoms with E-state index in [1.54, 1.807) is 36.5 Å². The van der Waals surface area contributed by atoms with Gasteiger partial charge in [0.2, 0.25) is 5.88 Å². The van der Waals surface area contributed by atoms with E-state index in [9.17, 15) is 14.7 Å². The number of pyridine rings is 1. The fraction of sp³-hybridized carbons (Fsp3) is 0.292. The molecule has 2 aromatic heterocycles. The highest BCUT2D eigenvalue weighted by Gasteiger charge is 2.28. The molecule has 0 aliphatic carbocycles. The number of aromatic nitrogens is 2. The zero-order valence-corrected chi connectivity index (χ0v) is 18.5. The van der Waals surface area contributed by atoms with Crippen LogP contribution in [-0.2, 0) is 9.53 Å². The third-order valence-electron chi connectivity index (χ3n) is 5.00. The lowest BCUT2D eigenvalue weighted by Gasteiger charge is -2.19. The van der Waals surface area contributed by atoms with Gasteiger partial charge >= 0.3 is 5.97 Å². The zero-order chi connectivity index (χ0) is 23.4. The summed E-state index contributed by atoms with van der Waals surface area (Å²) in [5.74, 6) is -0.880. The van der Waals surface area contributed by atoms with Gasteiger partial charge in [0.05, 0.1) is 26.2 Å². The Bertz CT molecular complexity index is 1230. The number of hydrogen-bond acceptors (Lipinski definition) is 7. The summed E-state index contributed by atoms with van der Waals surface area (Å²) in [4.78, 5) is 29.7. The molecule has 2 heterocycles. The predicted octanol–water partition coefficient (Wildman–Crippen LogP) is 3.37. The predicted molar refractivity (Wildman–Crippen MR) is 120 cm³/mol. The molecule has 0 spiro atoms. The van der Waals surface area contributed by atoms with Crippen molar-refractivity contribution in [3.63, 3.8) is 0 Å². The number of esters is 1. The number of aryl methyl sites for hydroxylation is 1. The maximum atomic E-state index is 13.3. The smallest absolute Gasteiger partial charge is 0.306 e. The Hall–Kier alpha value is -3.81. The van der Waals surface area contributed by atoms with Crippen LogP contribution in [0.15, 0.2) is 53.5 Å². The average molecular weight is 438 g/mol. The number of hydrogen-bond donors (Lipinski definition) is 1. The summed E-state index contributed by atoms with van der Waals surface area (Å²) in [5, 5.41) is 10.7. The first kappa shape index (κ1) is 22.9. The highest BCUT2D eigenvalue weighted by atomic mass is 16.5. The molecule has 1 N–H and O–H groups in total. The van der Waals surface area contributed by atoms with Gasteiger partial charge in [0.1, 0.15) is 12.3 Å². The minimum Gasteiger partial charge on any atom is -0.493 e. The third kappa shape index (κ3) is 4.74. The Morgan fingerprint density at radius 2 is 1.97 bits per heavy atom. The minimum atomic E-state index is -0.816. The van der Waals surface area contributed by atoms with Crippen molar-refractivity contribution in [2.45, 2.75) is 26.2 Å². The fourth-order valence-electron chi connectivity index (χ4n) is 3.41. The third-order valence-corrected chi connectivity index (χ3v) is 5.00. The summed E-state index contributed by atoms with van der Waals surface area (Å²) >= 11 is 0. The highest BCUT2D eigenvalue weighted by molar-refractivity contribution is 5.71. The number of benzene rings is 1. The summed E-state index contributed by atoms with van der Waals surface area (Å²) in [5.41, 5.74) is 2.10. The van der Waals surface area contributed by atoms with Gasteiger partial charge in [-0.2, -0.15) is 4.98 Å².